The summed E-state index contributed by atoms with van der Waals surface area (Å²) in [5, 5.41) is 2.70. The van der Waals surface area contributed by atoms with Crippen LogP contribution in [0.1, 0.15) is 12.0 Å². The van der Waals surface area contributed by atoms with Gasteiger partial charge in [-0.15, -0.1) is 0 Å². The molecule has 106 valence electrons. The van der Waals surface area contributed by atoms with Crippen molar-refractivity contribution in [2.45, 2.75) is 18.2 Å². The molecule has 5 nitrogen and oxygen atoms in total. The number of rotatable bonds is 7. The van der Waals surface area contributed by atoms with E-state index in [0.717, 1.165) is 12.0 Å². The predicted octanol–water partition coefficient (Wildman–Crippen LogP) is 0.838. The number of ether oxygens (including phenoxy) is 1. The van der Waals surface area contributed by atoms with E-state index in [9.17, 15) is 9.00 Å². The number of methoxy groups -OCH3 is 1. The fourth-order valence-corrected chi connectivity index (χ4v) is 2.68. The Morgan fingerprint density at radius 1 is 1.47 bits per heavy atom. The highest BCUT2D eigenvalue weighted by Crippen LogP contribution is 2.20. The quantitative estimate of drug-likeness (QED) is 0.574. The number of nitrogens with one attached hydrogen (secondary N) is 1. The standard InChI is InChI=1S/C13H20N2O3S/c1-10-5-3-6-11(13(10)14)19(17)9-12(16)15-7-4-8-18-2/h3,5-6H,4,7-9,14H2,1-2H3,(H,15,16). The van der Waals surface area contributed by atoms with E-state index in [1.54, 1.807) is 19.2 Å². The third-order valence-electron chi connectivity index (χ3n) is 2.64. The molecule has 0 aromatic heterocycles. The van der Waals surface area contributed by atoms with Crippen LogP contribution in [0.2, 0.25) is 0 Å². The average molecular weight is 284 g/mol. The molecule has 1 aromatic rings. The molecule has 0 fully saturated rings. The smallest absolute Gasteiger partial charge is 0.233 e. The first-order chi connectivity index (χ1) is 9.06. The summed E-state index contributed by atoms with van der Waals surface area (Å²) in [5.74, 6) is -0.309. The molecular weight excluding hydrogens is 264 g/mol. The highest BCUT2D eigenvalue weighted by atomic mass is 32.2. The largest absolute Gasteiger partial charge is 0.398 e. The number of carbonyl (C=O) groups is 1. The number of anilines is 1. The van der Waals surface area contributed by atoms with E-state index < -0.39 is 10.8 Å². The number of hydrogen-bond donors (Lipinski definition) is 2. The van der Waals surface area contributed by atoms with Gasteiger partial charge < -0.3 is 15.8 Å². The molecule has 6 heteroatoms. The highest BCUT2D eigenvalue weighted by Gasteiger charge is 2.13. The zero-order valence-corrected chi connectivity index (χ0v) is 12.1. The van der Waals surface area contributed by atoms with Gasteiger partial charge in [0.15, 0.2) is 0 Å². The first kappa shape index (κ1) is 15.7. The molecule has 3 N–H and O–H groups in total. The average Bonchev–Trinajstić information content (AvgIpc) is 2.38. The summed E-state index contributed by atoms with van der Waals surface area (Å²) in [5.41, 5.74) is 7.22. The Bertz CT molecular complexity index is 463. The van der Waals surface area contributed by atoms with Gasteiger partial charge in [0.2, 0.25) is 5.91 Å². The van der Waals surface area contributed by atoms with Crippen LogP contribution in [0.15, 0.2) is 23.1 Å². The molecule has 1 unspecified atom stereocenters. The molecule has 19 heavy (non-hydrogen) atoms. The second-order valence-electron chi connectivity index (χ2n) is 4.17. The number of nitrogen functional groups attached to an aromatic ring is 1. The third-order valence-corrected chi connectivity index (χ3v) is 4.01. The third kappa shape index (κ3) is 5.00. The van der Waals surface area contributed by atoms with Crippen molar-refractivity contribution >= 4 is 22.4 Å². The summed E-state index contributed by atoms with van der Waals surface area (Å²) in [7, 11) is 0.198. The molecule has 1 aromatic carbocycles. The summed E-state index contributed by atoms with van der Waals surface area (Å²) in [6.07, 6.45) is 0.738. The second-order valence-corrected chi connectivity index (χ2v) is 5.59. The molecule has 1 atom stereocenters. The van der Waals surface area contributed by atoms with Crippen LogP contribution < -0.4 is 11.1 Å². The molecule has 0 heterocycles. The van der Waals surface area contributed by atoms with Crippen molar-refractivity contribution in [1.29, 1.82) is 0 Å². The number of amides is 1. The van der Waals surface area contributed by atoms with Gasteiger partial charge in [0.1, 0.15) is 5.75 Å². The lowest BCUT2D eigenvalue weighted by Crippen LogP contribution is -2.29. The Balaban J connectivity index is 2.50. The van der Waals surface area contributed by atoms with Crippen molar-refractivity contribution in [3.8, 4) is 0 Å². The topological polar surface area (TPSA) is 81.4 Å². The number of para-hydroxylation sites is 1. The first-order valence-electron chi connectivity index (χ1n) is 6.05. The summed E-state index contributed by atoms with van der Waals surface area (Å²) < 4.78 is 16.9. The lowest BCUT2D eigenvalue weighted by atomic mass is 10.2. The summed E-state index contributed by atoms with van der Waals surface area (Å²) in [4.78, 5) is 12.1. The van der Waals surface area contributed by atoms with E-state index in [1.807, 2.05) is 13.0 Å². The van der Waals surface area contributed by atoms with Gasteiger partial charge in [-0.1, -0.05) is 12.1 Å². The summed E-state index contributed by atoms with van der Waals surface area (Å²) in [6.45, 7) is 2.96. The van der Waals surface area contributed by atoms with Crippen LogP contribution in [0.3, 0.4) is 0 Å². The van der Waals surface area contributed by atoms with E-state index in [4.69, 9.17) is 10.5 Å². The van der Waals surface area contributed by atoms with Crippen LogP contribution in [0, 0.1) is 6.92 Å². The Hall–Kier alpha value is -1.40. The van der Waals surface area contributed by atoms with Crippen LogP contribution >= 0.6 is 0 Å². The molecule has 0 aliphatic heterocycles. The van der Waals surface area contributed by atoms with E-state index in [0.29, 0.717) is 23.7 Å². The molecule has 0 aliphatic carbocycles. The lowest BCUT2D eigenvalue weighted by Gasteiger charge is -2.08. The van der Waals surface area contributed by atoms with Crippen LogP contribution in [-0.2, 0) is 20.3 Å². The predicted molar refractivity (Wildman–Crippen MR) is 76.4 cm³/mol. The normalized spacial score (nSPS) is 12.1. The maximum Gasteiger partial charge on any atom is 0.233 e. The Morgan fingerprint density at radius 2 is 2.21 bits per heavy atom. The van der Waals surface area contributed by atoms with Gasteiger partial charge in [0.05, 0.1) is 21.4 Å². The molecule has 0 spiro atoms. The molecule has 0 aliphatic rings. The van der Waals surface area contributed by atoms with Crippen LogP contribution in [0.25, 0.3) is 0 Å². The van der Waals surface area contributed by atoms with Gasteiger partial charge >= 0.3 is 0 Å². The van der Waals surface area contributed by atoms with E-state index in [-0.39, 0.29) is 11.7 Å². The monoisotopic (exact) mass is 284 g/mol. The number of aryl methyl sites for hydroxylation is 1. The van der Waals surface area contributed by atoms with Gasteiger partial charge in [-0.05, 0) is 25.0 Å². The molecule has 0 saturated carbocycles. The first-order valence-corrected chi connectivity index (χ1v) is 7.37. The van der Waals surface area contributed by atoms with Crippen LogP contribution in [0.5, 0.6) is 0 Å². The van der Waals surface area contributed by atoms with Gasteiger partial charge in [-0.2, -0.15) is 0 Å². The highest BCUT2D eigenvalue weighted by molar-refractivity contribution is 7.86. The fraction of sp³-hybridized carbons (Fsp3) is 0.462. The van der Waals surface area contributed by atoms with Crippen molar-refractivity contribution in [3.63, 3.8) is 0 Å². The molecular formula is C13H20N2O3S. The maximum atomic E-state index is 12.1. The minimum Gasteiger partial charge on any atom is -0.398 e. The molecule has 0 bridgehead atoms. The zero-order chi connectivity index (χ0) is 14.3. The second kappa shape index (κ2) is 7.91. The van der Waals surface area contributed by atoms with Crippen molar-refractivity contribution < 1.29 is 13.7 Å². The van der Waals surface area contributed by atoms with Crippen molar-refractivity contribution in [1.82, 2.24) is 5.32 Å². The number of hydrogen-bond acceptors (Lipinski definition) is 4. The summed E-state index contributed by atoms with van der Waals surface area (Å²) in [6, 6.07) is 5.33. The molecule has 0 saturated heterocycles. The van der Waals surface area contributed by atoms with Crippen molar-refractivity contribution in [3.05, 3.63) is 23.8 Å². The van der Waals surface area contributed by atoms with Gasteiger partial charge in [0.25, 0.3) is 0 Å². The Morgan fingerprint density at radius 3 is 2.89 bits per heavy atom. The van der Waals surface area contributed by atoms with E-state index >= 15 is 0 Å². The number of nitrogens with two attached hydrogens (primary N) is 1. The lowest BCUT2D eigenvalue weighted by molar-refractivity contribution is -0.118. The minimum atomic E-state index is -1.41. The Kier molecular flexibility index (Phi) is 6.52. The van der Waals surface area contributed by atoms with Crippen molar-refractivity contribution in [2.24, 2.45) is 0 Å². The maximum absolute atomic E-state index is 12.1. The fourth-order valence-electron chi connectivity index (χ4n) is 1.54. The summed E-state index contributed by atoms with van der Waals surface area (Å²) >= 11 is 0. The Labute approximate surface area is 116 Å². The zero-order valence-electron chi connectivity index (χ0n) is 11.3. The number of carbonyl (C=O) groups excluding carboxylic acids is 1. The molecule has 0 radical (unpaired) electrons. The van der Waals surface area contributed by atoms with E-state index in [2.05, 4.69) is 5.32 Å². The minimum absolute atomic E-state index is 0.0688. The van der Waals surface area contributed by atoms with Gasteiger partial charge in [-0.3, -0.25) is 9.00 Å². The molecule has 1 amide bonds. The van der Waals surface area contributed by atoms with Gasteiger partial charge in [-0.25, -0.2) is 0 Å². The molecule has 1 rings (SSSR count). The number of benzene rings is 1. The SMILES string of the molecule is COCCCNC(=O)CS(=O)c1cccc(C)c1N. The van der Waals surface area contributed by atoms with Crippen LogP contribution in [0.4, 0.5) is 5.69 Å². The van der Waals surface area contributed by atoms with E-state index in [1.165, 1.54) is 0 Å². The van der Waals surface area contributed by atoms with Crippen molar-refractivity contribution in [2.75, 3.05) is 31.7 Å². The van der Waals surface area contributed by atoms with Gasteiger partial charge in [0, 0.05) is 20.3 Å². The van der Waals surface area contributed by atoms with Crippen LogP contribution in [-0.4, -0.2) is 36.1 Å².